The predicted molar refractivity (Wildman–Crippen MR) is 69.3 cm³/mol. The van der Waals surface area contributed by atoms with Crippen molar-refractivity contribution in [3.8, 4) is 0 Å². The van der Waals surface area contributed by atoms with Gasteiger partial charge in [0.1, 0.15) is 6.61 Å². The largest absolute Gasteiger partial charge is 0.390 e. The molecule has 0 bridgehead atoms. The molecule has 1 aromatic rings. The van der Waals surface area contributed by atoms with Gasteiger partial charge in [-0.15, -0.1) is 0 Å². The fraction of sp³-hybridized carbons (Fsp3) is 0.462. The minimum Gasteiger partial charge on any atom is -0.390 e. The van der Waals surface area contributed by atoms with Gasteiger partial charge in [-0.1, -0.05) is 42.1 Å². The van der Waals surface area contributed by atoms with E-state index in [0.717, 1.165) is 18.7 Å². The van der Waals surface area contributed by atoms with Gasteiger partial charge in [-0.2, -0.15) is 0 Å². The molecular formula is C13H18NOS+. The fourth-order valence-corrected chi connectivity index (χ4v) is 3.29. The van der Waals surface area contributed by atoms with Gasteiger partial charge in [0.05, 0.1) is 5.75 Å². The first-order chi connectivity index (χ1) is 7.81. The standard InChI is InChI=1S/C13H18NOS/c1-11-14(7-8-15)13(10-16-11)9-12-5-3-2-4-6-12/h2-6,13,15H,7-10H2,1H3/q+1/t13-/m0/s1. The van der Waals surface area contributed by atoms with Gasteiger partial charge in [0, 0.05) is 13.3 Å². The van der Waals surface area contributed by atoms with Crippen molar-refractivity contribution in [1.29, 1.82) is 0 Å². The third-order valence-electron chi connectivity index (χ3n) is 2.98. The third kappa shape index (κ3) is 2.66. The molecule has 1 aromatic carbocycles. The molecule has 86 valence electrons. The Hall–Kier alpha value is -0.800. The highest BCUT2D eigenvalue weighted by Crippen LogP contribution is 2.20. The number of benzene rings is 1. The van der Waals surface area contributed by atoms with Crippen molar-refractivity contribution in [2.45, 2.75) is 19.4 Å². The average Bonchev–Trinajstić information content (AvgIpc) is 2.64. The number of nitrogens with zero attached hydrogens (tertiary/aromatic N) is 1. The Kier molecular flexibility index (Phi) is 4.02. The highest BCUT2D eigenvalue weighted by atomic mass is 32.2. The molecule has 2 rings (SSSR count). The van der Waals surface area contributed by atoms with E-state index in [1.807, 2.05) is 11.8 Å². The lowest BCUT2D eigenvalue weighted by atomic mass is 10.1. The molecule has 1 heterocycles. The second kappa shape index (κ2) is 5.51. The van der Waals surface area contributed by atoms with Gasteiger partial charge in [-0.3, -0.25) is 0 Å². The minimum atomic E-state index is 0.239. The summed E-state index contributed by atoms with van der Waals surface area (Å²) in [6, 6.07) is 11.1. The van der Waals surface area contributed by atoms with Crippen LogP contribution in [0.25, 0.3) is 0 Å². The van der Waals surface area contributed by atoms with Crippen LogP contribution in [0.1, 0.15) is 12.5 Å². The monoisotopic (exact) mass is 236 g/mol. The predicted octanol–water partition coefficient (Wildman–Crippen LogP) is 1.77. The van der Waals surface area contributed by atoms with E-state index in [4.69, 9.17) is 5.11 Å². The zero-order valence-corrected chi connectivity index (χ0v) is 10.4. The van der Waals surface area contributed by atoms with E-state index in [2.05, 4.69) is 41.8 Å². The van der Waals surface area contributed by atoms with Gasteiger partial charge < -0.3 is 5.11 Å². The van der Waals surface area contributed by atoms with Crippen LogP contribution < -0.4 is 0 Å². The SMILES string of the molecule is CC1=[N+](CCO)[C@@H](Cc2ccccc2)CS1. The van der Waals surface area contributed by atoms with E-state index in [1.54, 1.807) is 0 Å². The summed E-state index contributed by atoms with van der Waals surface area (Å²) < 4.78 is 2.33. The normalized spacial score (nSPS) is 20.5. The number of thioether (sulfide) groups is 1. The summed E-state index contributed by atoms with van der Waals surface area (Å²) in [6.07, 6.45) is 1.07. The van der Waals surface area contributed by atoms with Crippen LogP contribution in [-0.2, 0) is 6.42 Å². The number of hydrogen-bond acceptors (Lipinski definition) is 2. The van der Waals surface area contributed by atoms with Crippen LogP contribution in [0, 0.1) is 0 Å². The Morgan fingerprint density at radius 3 is 2.81 bits per heavy atom. The Morgan fingerprint density at radius 1 is 1.38 bits per heavy atom. The summed E-state index contributed by atoms with van der Waals surface area (Å²) in [6.45, 7) is 3.14. The van der Waals surface area contributed by atoms with E-state index in [9.17, 15) is 0 Å². The molecule has 2 nitrogen and oxygen atoms in total. The molecule has 0 aromatic heterocycles. The van der Waals surface area contributed by atoms with E-state index in [-0.39, 0.29) is 6.61 Å². The third-order valence-corrected chi connectivity index (χ3v) is 4.19. The molecule has 16 heavy (non-hydrogen) atoms. The fourth-order valence-electron chi connectivity index (χ4n) is 2.15. The van der Waals surface area contributed by atoms with Crippen LogP contribution in [0.5, 0.6) is 0 Å². The van der Waals surface area contributed by atoms with Crippen LogP contribution in [-0.4, -0.2) is 39.7 Å². The maximum absolute atomic E-state index is 9.06. The van der Waals surface area contributed by atoms with Gasteiger partial charge in [0.25, 0.3) is 0 Å². The van der Waals surface area contributed by atoms with Gasteiger partial charge in [0.2, 0.25) is 5.04 Å². The minimum absolute atomic E-state index is 0.239. The molecule has 0 saturated carbocycles. The molecule has 0 amide bonds. The lowest BCUT2D eigenvalue weighted by Gasteiger charge is -2.09. The maximum atomic E-state index is 9.06. The number of aliphatic hydroxyl groups excluding tert-OH is 1. The van der Waals surface area contributed by atoms with Crippen LogP contribution in [0.4, 0.5) is 0 Å². The summed E-state index contributed by atoms with van der Waals surface area (Å²) >= 11 is 1.90. The molecule has 1 aliphatic rings. The summed E-state index contributed by atoms with van der Waals surface area (Å²) in [5, 5.41) is 10.4. The first-order valence-electron chi connectivity index (χ1n) is 5.69. The van der Waals surface area contributed by atoms with Crippen LogP contribution >= 0.6 is 11.8 Å². The molecule has 1 N–H and O–H groups in total. The second-order valence-electron chi connectivity index (χ2n) is 4.09. The summed E-state index contributed by atoms with van der Waals surface area (Å²) in [4.78, 5) is 0. The summed E-state index contributed by atoms with van der Waals surface area (Å²) in [5.74, 6) is 1.14. The van der Waals surface area contributed by atoms with E-state index >= 15 is 0 Å². The van der Waals surface area contributed by atoms with Crippen molar-refractivity contribution < 1.29 is 9.68 Å². The quantitative estimate of drug-likeness (QED) is 0.805. The van der Waals surface area contributed by atoms with Crippen LogP contribution in [0.2, 0.25) is 0 Å². The molecule has 0 saturated heterocycles. The highest BCUT2D eigenvalue weighted by Gasteiger charge is 2.30. The Bertz CT molecular complexity index is 375. The van der Waals surface area contributed by atoms with Gasteiger partial charge in [0.15, 0.2) is 12.6 Å². The molecule has 0 radical (unpaired) electrons. The summed E-state index contributed by atoms with van der Waals surface area (Å²) in [5.41, 5.74) is 1.38. The molecule has 0 spiro atoms. The summed E-state index contributed by atoms with van der Waals surface area (Å²) in [7, 11) is 0. The number of β-amino-alcohol motifs (C(OH)–C–C–N with tert-alkyl or cyclic N) is 1. The topological polar surface area (TPSA) is 23.2 Å². The molecule has 3 heteroatoms. The first kappa shape index (κ1) is 11.7. The van der Waals surface area contributed by atoms with Crippen molar-refractivity contribution >= 4 is 16.8 Å². The zero-order chi connectivity index (χ0) is 11.4. The van der Waals surface area contributed by atoms with Gasteiger partial charge in [-0.25, -0.2) is 4.58 Å². The lowest BCUT2D eigenvalue weighted by Crippen LogP contribution is -2.30. The average molecular weight is 236 g/mol. The van der Waals surface area contributed by atoms with Gasteiger partial charge >= 0.3 is 0 Å². The van der Waals surface area contributed by atoms with Crippen LogP contribution in [0.15, 0.2) is 30.3 Å². The van der Waals surface area contributed by atoms with Crippen molar-refractivity contribution in [2.75, 3.05) is 18.9 Å². The molecule has 0 aliphatic carbocycles. The number of rotatable bonds is 4. The molecular weight excluding hydrogens is 218 g/mol. The Balaban J connectivity index is 2.06. The van der Waals surface area contributed by atoms with Crippen molar-refractivity contribution in [2.24, 2.45) is 0 Å². The van der Waals surface area contributed by atoms with E-state index in [0.29, 0.717) is 6.04 Å². The Morgan fingerprint density at radius 2 is 2.12 bits per heavy atom. The first-order valence-corrected chi connectivity index (χ1v) is 6.67. The molecule has 1 atom stereocenters. The smallest absolute Gasteiger partial charge is 0.208 e. The van der Waals surface area contributed by atoms with Crippen molar-refractivity contribution in [3.05, 3.63) is 35.9 Å². The van der Waals surface area contributed by atoms with Crippen molar-refractivity contribution in [3.63, 3.8) is 0 Å². The maximum Gasteiger partial charge on any atom is 0.208 e. The second-order valence-corrected chi connectivity index (χ2v) is 5.30. The molecule has 0 fully saturated rings. The highest BCUT2D eigenvalue weighted by molar-refractivity contribution is 8.13. The molecule has 0 unspecified atom stereocenters. The Labute approximate surface area is 101 Å². The van der Waals surface area contributed by atoms with Gasteiger partial charge in [-0.05, 0) is 5.56 Å². The lowest BCUT2D eigenvalue weighted by molar-refractivity contribution is -0.557. The van der Waals surface area contributed by atoms with E-state index in [1.165, 1.54) is 10.6 Å². The van der Waals surface area contributed by atoms with Crippen molar-refractivity contribution in [1.82, 2.24) is 0 Å². The van der Waals surface area contributed by atoms with Crippen LogP contribution in [0.3, 0.4) is 0 Å². The number of aliphatic hydroxyl groups is 1. The number of hydrogen-bond donors (Lipinski definition) is 1. The zero-order valence-electron chi connectivity index (χ0n) is 9.60. The van der Waals surface area contributed by atoms with E-state index < -0.39 is 0 Å². The molecule has 1 aliphatic heterocycles.